The molecule has 0 fully saturated rings. The Morgan fingerprint density at radius 2 is 1.30 bits per heavy atom. The Morgan fingerprint density at radius 3 is 1.78 bits per heavy atom. The SMILES string of the molecule is CC(C)(C)c1cccc(C(C)(C)C)c1OCc1ccccc1Br. The molecular formula is C21H27BrO. The van der Waals surface area contributed by atoms with Gasteiger partial charge in [-0.25, -0.2) is 0 Å². The zero-order valence-corrected chi connectivity index (χ0v) is 16.6. The second-order valence-corrected chi connectivity index (χ2v) is 8.92. The number of para-hydroxylation sites is 1. The third kappa shape index (κ3) is 4.38. The van der Waals surface area contributed by atoms with Crippen molar-refractivity contribution < 1.29 is 4.74 Å². The molecule has 0 aromatic heterocycles. The van der Waals surface area contributed by atoms with Crippen LogP contribution in [0.15, 0.2) is 46.9 Å². The maximum atomic E-state index is 6.36. The van der Waals surface area contributed by atoms with Crippen LogP contribution in [0.5, 0.6) is 5.75 Å². The Balaban J connectivity index is 2.44. The van der Waals surface area contributed by atoms with Crippen LogP contribution in [-0.2, 0) is 17.4 Å². The van der Waals surface area contributed by atoms with Crippen molar-refractivity contribution in [1.29, 1.82) is 0 Å². The molecule has 2 aromatic rings. The molecule has 2 heteroatoms. The standard InChI is InChI=1S/C21H27BrO/c1-20(2,3)16-11-9-12-17(21(4,5)6)19(16)23-14-15-10-7-8-13-18(15)22/h7-13H,14H2,1-6H3. The topological polar surface area (TPSA) is 9.23 Å². The maximum Gasteiger partial charge on any atom is 0.127 e. The van der Waals surface area contributed by atoms with Gasteiger partial charge >= 0.3 is 0 Å². The van der Waals surface area contributed by atoms with Crippen LogP contribution in [-0.4, -0.2) is 0 Å². The normalized spacial score (nSPS) is 12.3. The first-order valence-corrected chi connectivity index (χ1v) is 8.90. The molecule has 0 spiro atoms. The van der Waals surface area contributed by atoms with Crippen LogP contribution >= 0.6 is 15.9 Å². The van der Waals surface area contributed by atoms with Crippen LogP contribution in [0.1, 0.15) is 58.2 Å². The van der Waals surface area contributed by atoms with Gasteiger partial charge in [0.25, 0.3) is 0 Å². The molecule has 2 rings (SSSR count). The van der Waals surface area contributed by atoms with Gasteiger partial charge in [0, 0.05) is 10.0 Å². The summed E-state index contributed by atoms with van der Waals surface area (Å²) in [5, 5.41) is 0. The lowest BCUT2D eigenvalue weighted by Gasteiger charge is -2.29. The van der Waals surface area contributed by atoms with E-state index >= 15 is 0 Å². The van der Waals surface area contributed by atoms with E-state index in [1.807, 2.05) is 12.1 Å². The van der Waals surface area contributed by atoms with Crippen molar-refractivity contribution in [2.45, 2.75) is 59.0 Å². The maximum absolute atomic E-state index is 6.36. The third-order valence-electron chi connectivity index (χ3n) is 3.96. The summed E-state index contributed by atoms with van der Waals surface area (Å²) in [5.74, 6) is 1.03. The highest BCUT2D eigenvalue weighted by atomic mass is 79.9. The van der Waals surface area contributed by atoms with Crippen molar-refractivity contribution in [3.8, 4) is 5.75 Å². The fraction of sp³-hybridized carbons (Fsp3) is 0.429. The molecule has 0 aliphatic heterocycles. The van der Waals surface area contributed by atoms with Gasteiger partial charge in [0.15, 0.2) is 0 Å². The second kappa shape index (κ2) is 6.68. The molecule has 23 heavy (non-hydrogen) atoms. The number of hydrogen-bond acceptors (Lipinski definition) is 1. The van der Waals surface area contributed by atoms with Gasteiger partial charge in [0.2, 0.25) is 0 Å². The Morgan fingerprint density at radius 1 is 0.783 bits per heavy atom. The largest absolute Gasteiger partial charge is 0.488 e. The molecule has 0 unspecified atom stereocenters. The molecule has 2 aromatic carbocycles. The molecule has 0 atom stereocenters. The van der Waals surface area contributed by atoms with E-state index in [0.717, 1.165) is 15.8 Å². The Labute approximate surface area is 149 Å². The molecule has 1 nitrogen and oxygen atoms in total. The smallest absolute Gasteiger partial charge is 0.127 e. The minimum atomic E-state index is 0.0461. The molecule has 0 heterocycles. The predicted octanol–water partition coefficient (Wildman–Crippen LogP) is 6.62. The molecule has 0 aliphatic rings. The van der Waals surface area contributed by atoms with Gasteiger partial charge < -0.3 is 4.74 Å². The first-order valence-electron chi connectivity index (χ1n) is 8.11. The highest BCUT2D eigenvalue weighted by Gasteiger charge is 2.26. The third-order valence-corrected chi connectivity index (χ3v) is 4.73. The molecule has 124 valence electrons. The summed E-state index contributed by atoms with van der Waals surface area (Å²) in [6.45, 7) is 14.0. The van der Waals surface area contributed by atoms with Gasteiger partial charge in [-0.05, 0) is 28.0 Å². The van der Waals surface area contributed by atoms with Crippen LogP contribution in [0.25, 0.3) is 0 Å². The first kappa shape index (κ1) is 18.1. The summed E-state index contributed by atoms with van der Waals surface area (Å²) >= 11 is 3.61. The molecule has 0 bridgehead atoms. The summed E-state index contributed by atoms with van der Waals surface area (Å²) in [7, 11) is 0. The minimum absolute atomic E-state index is 0.0461. The second-order valence-electron chi connectivity index (χ2n) is 8.06. The summed E-state index contributed by atoms with van der Waals surface area (Å²) in [4.78, 5) is 0. The van der Waals surface area contributed by atoms with Gasteiger partial charge in [-0.2, -0.15) is 0 Å². The van der Waals surface area contributed by atoms with E-state index in [1.165, 1.54) is 11.1 Å². The zero-order valence-electron chi connectivity index (χ0n) is 15.0. The Kier molecular flexibility index (Phi) is 5.25. The number of hydrogen-bond donors (Lipinski definition) is 0. The van der Waals surface area contributed by atoms with Crippen molar-refractivity contribution in [2.75, 3.05) is 0 Å². The summed E-state index contributed by atoms with van der Waals surface area (Å²) in [5.41, 5.74) is 3.78. The fourth-order valence-corrected chi connectivity index (χ4v) is 3.04. The number of halogens is 1. The lowest BCUT2D eigenvalue weighted by atomic mass is 9.79. The molecule has 0 N–H and O–H groups in total. The van der Waals surface area contributed by atoms with Crippen LogP contribution in [0, 0.1) is 0 Å². The fourth-order valence-electron chi connectivity index (χ4n) is 2.64. The van der Waals surface area contributed by atoms with E-state index in [1.54, 1.807) is 0 Å². The van der Waals surface area contributed by atoms with Gasteiger partial charge in [-0.3, -0.25) is 0 Å². The highest BCUT2D eigenvalue weighted by molar-refractivity contribution is 9.10. The first-order chi connectivity index (χ1) is 10.6. The molecule has 0 saturated heterocycles. The van der Waals surface area contributed by atoms with E-state index < -0.39 is 0 Å². The van der Waals surface area contributed by atoms with Crippen LogP contribution < -0.4 is 4.74 Å². The monoisotopic (exact) mass is 374 g/mol. The van der Waals surface area contributed by atoms with Crippen molar-refractivity contribution in [2.24, 2.45) is 0 Å². The molecule has 0 saturated carbocycles. The summed E-state index contributed by atoms with van der Waals surface area (Å²) in [6.07, 6.45) is 0. The number of ether oxygens (including phenoxy) is 1. The van der Waals surface area contributed by atoms with E-state index in [-0.39, 0.29) is 10.8 Å². The van der Waals surface area contributed by atoms with Crippen molar-refractivity contribution in [3.63, 3.8) is 0 Å². The van der Waals surface area contributed by atoms with E-state index in [0.29, 0.717) is 6.61 Å². The number of rotatable bonds is 3. The lowest BCUT2D eigenvalue weighted by Crippen LogP contribution is -2.19. The average Bonchev–Trinajstić information content (AvgIpc) is 2.44. The van der Waals surface area contributed by atoms with Crippen molar-refractivity contribution >= 4 is 15.9 Å². The lowest BCUT2D eigenvalue weighted by molar-refractivity contribution is 0.288. The van der Waals surface area contributed by atoms with E-state index in [2.05, 4.69) is 87.8 Å². The quantitative estimate of drug-likeness (QED) is 0.586. The Hall–Kier alpha value is -1.28. The molecule has 0 radical (unpaired) electrons. The average molecular weight is 375 g/mol. The van der Waals surface area contributed by atoms with Crippen molar-refractivity contribution in [1.82, 2.24) is 0 Å². The van der Waals surface area contributed by atoms with Gasteiger partial charge in [0.05, 0.1) is 0 Å². The predicted molar refractivity (Wildman–Crippen MR) is 102 cm³/mol. The zero-order chi connectivity index (χ0) is 17.3. The van der Waals surface area contributed by atoms with Crippen LogP contribution in [0.3, 0.4) is 0 Å². The van der Waals surface area contributed by atoms with E-state index in [9.17, 15) is 0 Å². The molecule has 0 aliphatic carbocycles. The summed E-state index contributed by atoms with van der Waals surface area (Å²) in [6, 6.07) is 14.7. The van der Waals surface area contributed by atoms with Crippen LogP contribution in [0.2, 0.25) is 0 Å². The van der Waals surface area contributed by atoms with Gasteiger partial charge in [0.1, 0.15) is 12.4 Å². The van der Waals surface area contributed by atoms with Crippen LogP contribution in [0.4, 0.5) is 0 Å². The van der Waals surface area contributed by atoms with Gasteiger partial charge in [-0.1, -0.05) is 93.9 Å². The minimum Gasteiger partial charge on any atom is -0.488 e. The molecular weight excluding hydrogens is 348 g/mol. The number of benzene rings is 2. The summed E-state index contributed by atoms with van der Waals surface area (Å²) < 4.78 is 7.45. The Bertz CT molecular complexity index is 643. The molecule has 0 amide bonds. The van der Waals surface area contributed by atoms with Gasteiger partial charge in [-0.15, -0.1) is 0 Å². The van der Waals surface area contributed by atoms with E-state index in [4.69, 9.17) is 4.74 Å². The van der Waals surface area contributed by atoms with Crippen molar-refractivity contribution in [3.05, 3.63) is 63.6 Å². The highest BCUT2D eigenvalue weighted by Crippen LogP contribution is 2.40.